The van der Waals surface area contributed by atoms with Crippen molar-refractivity contribution in [3.8, 4) is 0 Å². The summed E-state index contributed by atoms with van der Waals surface area (Å²) in [6.07, 6.45) is 7.60. The van der Waals surface area contributed by atoms with Crippen LogP contribution in [-0.4, -0.2) is 46.1 Å². The Morgan fingerprint density at radius 2 is 2.16 bits per heavy atom. The van der Waals surface area contributed by atoms with Crippen LogP contribution in [0.3, 0.4) is 0 Å². The summed E-state index contributed by atoms with van der Waals surface area (Å²) in [5, 5.41) is 4.28. The van der Waals surface area contributed by atoms with E-state index in [-0.39, 0.29) is 11.7 Å². The van der Waals surface area contributed by atoms with Gasteiger partial charge in [-0.15, -0.1) is 0 Å². The molecule has 2 unspecified atom stereocenters. The molecule has 2 aliphatic heterocycles. The molecule has 25 heavy (non-hydrogen) atoms. The number of piperidine rings is 1. The van der Waals surface area contributed by atoms with E-state index in [1.54, 1.807) is 0 Å². The predicted octanol–water partition coefficient (Wildman–Crippen LogP) is 2.76. The van der Waals surface area contributed by atoms with E-state index < -0.39 is 0 Å². The van der Waals surface area contributed by atoms with Crippen LogP contribution >= 0.6 is 0 Å². The maximum atomic E-state index is 6.27. The summed E-state index contributed by atoms with van der Waals surface area (Å²) in [4.78, 5) is 2.50. The van der Waals surface area contributed by atoms with Gasteiger partial charge in [-0.25, -0.2) is 0 Å². The summed E-state index contributed by atoms with van der Waals surface area (Å²) in [5.74, 6) is 0. The second kappa shape index (κ2) is 7.28. The number of benzene rings is 1. The molecule has 0 N–H and O–H groups in total. The fourth-order valence-corrected chi connectivity index (χ4v) is 4.12. The van der Waals surface area contributed by atoms with Crippen LogP contribution in [0.4, 0.5) is 0 Å². The van der Waals surface area contributed by atoms with Crippen molar-refractivity contribution in [3.05, 3.63) is 53.9 Å². The zero-order valence-electron chi connectivity index (χ0n) is 14.9. The molecule has 134 valence electrons. The molecule has 5 heteroatoms. The topological polar surface area (TPSA) is 39.5 Å². The summed E-state index contributed by atoms with van der Waals surface area (Å²) < 4.78 is 14.3. The SMILES string of the molecule is Cn1cc(CN2CCCC3(CC(OCc4ccccc4)CO3)C2)cn1. The van der Waals surface area contributed by atoms with Gasteiger partial charge in [0.05, 0.1) is 31.1 Å². The van der Waals surface area contributed by atoms with Crippen molar-refractivity contribution in [1.82, 2.24) is 14.7 Å². The van der Waals surface area contributed by atoms with E-state index in [1.807, 2.05) is 24.0 Å². The van der Waals surface area contributed by atoms with Crippen molar-refractivity contribution in [1.29, 1.82) is 0 Å². The first kappa shape index (κ1) is 16.8. The highest BCUT2D eigenvalue weighted by Crippen LogP contribution is 2.36. The Balaban J connectivity index is 1.31. The first-order chi connectivity index (χ1) is 12.2. The quantitative estimate of drug-likeness (QED) is 0.838. The third kappa shape index (κ3) is 4.11. The molecular formula is C20H27N3O2. The normalized spacial score (nSPS) is 27.2. The Morgan fingerprint density at radius 1 is 1.28 bits per heavy atom. The van der Waals surface area contributed by atoms with Crippen LogP contribution in [0, 0.1) is 0 Å². The summed E-state index contributed by atoms with van der Waals surface area (Å²) >= 11 is 0. The number of ether oxygens (including phenoxy) is 2. The van der Waals surface area contributed by atoms with Crippen LogP contribution < -0.4 is 0 Å². The average molecular weight is 341 g/mol. The number of aromatic nitrogens is 2. The first-order valence-electron chi connectivity index (χ1n) is 9.20. The molecule has 0 amide bonds. The van der Waals surface area contributed by atoms with Crippen molar-refractivity contribution in [3.63, 3.8) is 0 Å². The molecule has 2 atom stereocenters. The average Bonchev–Trinajstić information content (AvgIpc) is 3.20. The van der Waals surface area contributed by atoms with Crippen molar-refractivity contribution < 1.29 is 9.47 Å². The van der Waals surface area contributed by atoms with Crippen molar-refractivity contribution in [2.24, 2.45) is 7.05 Å². The summed E-state index contributed by atoms with van der Waals surface area (Å²) in [5.41, 5.74) is 2.47. The summed E-state index contributed by atoms with van der Waals surface area (Å²) in [6, 6.07) is 10.4. The van der Waals surface area contributed by atoms with Gasteiger partial charge >= 0.3 is 0 Å². The molecule has 0 bridgehead atoms. The Kier molecular flexibility index (Phi) is 4.88. The molecule has 0 aliphatic carbocycles. The van der Waals surface area contributed by atoms with Gasteiger partial charge in [0.1, 0.15) is 0 Å². The van der Waals surface area contributed by atoms with E-state index >= 15 is 0 Å². The van der Waals surface area contributed by atoms with Crippen LogP contribution in [-0.2, 0) is 29.7 Å². The van der Waals surface area contributed by atoms with Crippen molar-refractivity contribution in [2.45, 2.75) is 44.1 Å². The molecule has 3 heterocycles. The van der Waals surface area contributed by atoms with Gasteiger partial charge < -0.3 is 9.47 Å². The highest BCUT2D eigenvalue weighted by Gasteiger charge is 2.43. The molecule has 2 aromatic rings. The lowest BCUT2D eigenvalue weighted by molar-refractivity contribution is -0.0548. The Hall–Kier alpha value is -1.69. The molecular weight excluding hydrogens is 314 g/mol. The van der Waals surface area contributed by atoms with Crippen LogP contribution in [0.2, 0.25) is 0 Å². The molecule has 0 radical (unpaired) electrons. The molecule has 0 saturated carbocycles. The molecule has 4 rings (SSSR count). The lowest BCUT2D eigenvalue weighted by Gasteiger charge is -2.39. The van der Waals surface area contributed by atoms with Crippen LogP contribution in [0.15, 0.2) is 42.7 Å². The molecule has 2 aliphatic rings. The summed E-state index contributed by atoms with van der Waals surface area (Å²) in [7, 11) is 1.97. The zero-order valence-corrected chi connectivity index (χ0v) is 14.9. The lowest BCUT2D eigenvalue weighted by atomic mass is 9.89. The van der Waals surface area contributed by atoms with Crippen LogP contribution in [0.1, 0.15) is 30.4 Å². The number of nitrogens with zero attached hydrogens (tertiary/aromatic N) is 3. The van der Waals surface area contributed by atoms with Gasteiger partial charge in [-0.1, -0.05) is 30.3 Å². The maximum absolute atomic E-state index is 6.27. The minimum absolute atomic E-state index is 0.0260. The van der Waals surface area contributed by atoms with E-state index in [9.17, 15) is 0 Å². The number of hydrogen-bond donors (Lipinski definition) is 0. The molecule has 2 saturated heterocycles. The fraction of sp³-hybridized carbons (Fsp3) is 0.550. The third-order valence-electron chi connectivity index (χ3n) is 5.29. The van der Waals surface area contributed by atoms with Gasteiger partial charge in [-0.3, -0.25) is 9.58 Å². The van der Waals surface area contributed by atoms with Gasteiger partial charge in [0, 0.05) is 38.3 Å². The largest absolute Gasteiger partial charge is 0.371 e. The fourth-order valence-electron chi connectivity index (χ4n) is 4.12. The molecule has 2 fully saturated rings. The second-order valence-corrected chi connectivity index (χ2v) is 7.45. The van der Waals surface area contributed by atoms with Crippen LogP contribution in [0.25, 0.3) is 0 Å². The lowest BCUT2D eigenvalue weighted by Crippen LogP contribution is -2.47. The van der Waals surface area contributed by atoms with E-state index in [4.69, 9.17) is 9.47 Å². The maximum Gasteiger partial charge on any atom is 0.0841 e. The van der Waals surface area contributed by atoms with Gasteiger partial charge in [0.2, 0.25) is 0 Å². The highest BCUT2D eigenvalue weighted by molar-refractivity contribution is 5.13. The molecule has 1 aromatic carbocycles. The minimum Gasteiger partial charge on any atom is -0.371 e. The number of hydrogen-bond acceptors (Lipinski definition) is 4. The highest BCUT2D eigenvalue weighted by atomic mass is 16.6. The Labute approximate surface area is 149 Å². The standard InChI is InChI=1S/C20H27N3O2/c1-22-12-18(11-21-22)13-23-9-5-8-20(16-23)10-19(15-25-20)24-14-17-6-3-2-4-7-17/h2-4,6-7,11-12,19H,5,8-10,13-16H2,1H3. The van der Waals surface area contributed by atoms with E-state index in [0.29, 0.717) is 13.2 Å². The Morgan fingerprint density at radius 3 is 2.96 bits per heavy atom. The number of aryl methyl sites for hydroxylation is 1. The monoisotopic (exact) mass is 341 g/mol. The minimum atomic E-state index is -0.0260. The summed E-state index contributed by atoms with van der Waals surface area (Å²) in [6.45, 7) is 4.47. The van der Waals surface area contributed by atoms with Crippen LogP contribution in [0.5, 0.6) is 0 Å². The van der Waals surface area contributed by atoms with Gasteiger partial charge in [-0.05, 0) is 24.9 Å². The number of likely N-dealkylation sites (tertiary alicyclic amines) is 1. The smallest absolute Gasteiger partial charge is 0.0841 e. The third-order valence-corrected chi connectivity index (χ3v) is 5.29. The predicted molar refractivity (Wildman–Crippen MR) is 96.0 cm³/mol. The van der Waals surface area contributed by atoms with Crippen molar-refractivity contribution in [2.75, 3.05) is 19.7 Å². The van der Waals surface area contributed by atoms with E-state index in [2.05, 4.69) is 40.5 Å². The number of rotatable bonds is 5. The molecule has 5 nitrogen and oxygen atoms in total. The van der Waals surface area contributed by atoms with Crippen molar-refractivity contribution >= 4 is 0 Å². The van der Waals surface area contributed by atoms with E-state index in [1.165, 1.54) is 17.5 Å². The zero-order chi connectivity index (χ0) is 17.1. The van der Waals surface area contributed by atoms with Gasteiger partial charge in [0.25, 0.3) is 0 Å². The van der Waals surface area contributed by atoms with Gasteiger partial charge in [0.15, 0.2) is 0 Å². The molecule has 1 aromatic heterocycles. The second-order valence-electron chi connectivity index (χ2n) is 7.45. The van der Waals surface area contributed by atoms with Gasteiger partial charge in [-0.2, -0.15) is 5.10 Å². The first-order valence-corrected chi connectivity index (χ1v) is 9.20. The van der Waals surface area contributed by atoms with E-state index in [0.717, 1.165) is 32.5 Å². The molecule has 1 spiro atoms. The Bertz CT molecular complexity index is 687.